The van der Waals surface area contributed by atoms with Crippen LogP contribution in [0.5, 0.6) is 0 Å². The monoisotopic (exact) mass is 363 g/mol. The van der Waals surface area contributed by atoms with Gasteiger partial charge in [-0.1, -0.05) is 6.92 Å². The number of nitrogens with one attached hydrogen (secondary N) is 1. The Hall–Kier alpha value is -2.26. The molecular weight excluding hydrogens is 343 g/mol. The topological polar surface area (TPSA) is 95.7 Å². The van der Waals surface area contributed by atoms with Crippen LogP contribution in [0.25, 0.3) is 0 Å². The smallest absolute Gasteiger partial charge is 0.394 e. The number of carbonyl (C=O) groups is 2. The van der Waals surface area contributed by atoms with Crippen molar-refractivity contribution >= 4 is 12.0 Å². The summed E-state index contributed by atoms with van der Waals surface area (Å²) >= 11 is 0. The molecule has 0 radical (unpaired) electrons. The molecule has 0 spiro atoms. The number of rotatable bonds is 5. The third-order valence-electron chi connectivity index (χ3n) is 4.15. The zero-order valence-corrected chi connectivity index (χ0v) is 13.9. The number of aromatic nitrogens is 1. The van der Waals surface area contributed by atoms with Gasteiger partial charge in [0, 0.05) is 19.5 Å². The van der Waals surface area contributed by atoms with Crippen LogP contribution in [0.2, 0.25) is 0 Å². The Bertz CT molecular complexity index is 644. The van der Waals surface area contributed by atoms with Crippen molar-refractivity contribution in [2.45, 2.75) is 39.4 Å². The molecule has 0 aliphatic carbocycles. The van der Waals surface area contributed by atoms with Crippen LogP contribution in [0, 0.1) is 18.8 Å². The van der Waals surface area contributed by atoms with E-state index in [1.165, 1.54) is 0 Å². The summed E-state index contributed by atoms with van der Waals surface area (Å²) in [5, 5.41) is 11.4. The average molecular weight is 363 g/mol. The third-order valence-corrected chi connectivity index (χ3v) is 4.15. The molecule has 140 valence electrons. The fourth-order valence-corrected chi connectivity index (χ4v) is 2.79. The van der Waals surface area contributed by atoms with E-state index in [9.17, 15) is 22.8 Å². The number of oxazole rings is 1. The SMILES string of the molecule is CCCc1nc(C)c(CNC(=O)N2C[C@@H](C(F)(F)F)[C@H](C(=O)O)C2)o1. The molecule has 2 amide bonds. The van der Waals surface area contributed by atoms with E-state index < -0.39 is 43.1 Å². The van der Waals surface area contributed by atoms with Gasteiger partial charge in [-0.3, -0.25) is 4.79 Å². The number of alkyl halides is 3. The van der Waals surface area contributed by atoms with Crippen LogP contribution in [0.15, 0.2) is 4.42 Å². The van der Waals surface area contributed by atoms with Crippen molar-refractivity contribution in [3.63, 3.8) is 0 Å². The Morgan fingerprint density at radius 3 is 2.60 bits per heavy atom. The lowest BCUT2D eigenvalue weighted by molar-refractivity contribution is -0.187. The summed E-state index contributed by atoms with van der Waals surface area (Å²) in [6.45, 7) is 2.49. The summed E-state index contributed by atoms with van der Waals surface area (Å²) in [6.07, 6.45) is -3.18. The molecular formula is C15H20F3N3O4. The highest BCUT2D eigenvalue weighted by Crippen LogP contribution is 2.37. The van der Waals surface area contributed by atoms with Crippen molar-refractivity contribution in [3.8, 4) is 0 Å². The minimum atomic E-state index is -4.67. The van der Waals surface area contributed by atoms with Crippen molar-refractivity contribution in [2.75, 3.05) is 13.1 Å². The first-order chi connectivity index (χ1) is 11.6. The first-order valence-corrected chi connectivity index (χ1v) is 7.91. The fourth-order valence-electron chi connectivity index (χ4n) is 2.79. The van der Waals surface area contributed by atoms with E-state index in [1.807, 2.05) is 6.92 Å². The van der Waals surface area contributed by atoms with Gasteiger partial charge in [0.05, 0.1) is 24.1 Å². The van der Waals surface area contributed by atoms with E-state index >= 15 is 0 Å². The molecule has 7 nitrogen and oxygen atoms in total. The Morgan fingerprint density at radius 1 is 1.40 bits per heavy atom. The second-order valence-corrected chi connectivity index (χ2v) is 6.02. The molecule has 0 unspecified atom stereocenters. The summed E-state index contributed by atoms with van der Waals surface area (Å²) < 4.78 is 44.3. The maximum Gasteiger partial charge on any atom is 0.394 e. The van der Waals surface area contributed by atoms with Crippen molar-refractivity contribution in [2.24, 2.45) is 11.8 Å². The van der Waals surface area contributed by atoms with Crippen LogP contribution < -0.4 is 5.32 Å². The number of aryl methyl sites for hydroxylation is 2. The van der Waals surface area contributed by atoms with Crippen molar-refractivity contribution < 1.29 is 32.3 Å². The summed E-state index contributed by atoms with van der Waals surface area (Å²) in [4.78, 5) is 28.2. The Morgan fingerprint density at radius 2 is 2.08 bits per heavy atom. The van der Waals surface area contributed by atoms with Gasteiger partial charge in [-0.05, 0) is 13.3 Å². The van der Waals surface area contributed by atoms with E-state index in [0.717, 1.165) is 11.3 Å². The molecule has 2 N–H and O–H groups in total. The number of aliphatic carboxylic acids is 1. The zero-order chi connectivity index (χ0) is 18.8. The van der Waals surface area contributed by atoms with Gasteiger partial charge in [0.15, 0.2) is 5.89 Å². The van der Waals surface area contributed by atoms with Gasteiger partial charge >= 0.3 is 18.2 Å². The van der Waals surface area contributed by atoms with Crippen LogP contribution >= 0.6 is 0 Å². The summed E-state index contributed by atoms with van der Waals surface area (Å²) in [5.41, 5.74) is 0.599. The molecule has 2 rings (SSSR count). The molecule has 1 aromatic heterocycles. The first-order valence-electron chi connectivity index (χ1n) is 7.91. The highest BCUT2D eigenvalue weighted by atomic mass is 19.4. The number of urea groups is 1. The van der Waals surface area contributed by atoms with Crippen LogP contribution in [-0.4, -0.2) is 46.3 Å². The number of amides is 2. The number of nitrogens with zero attached hydrogens (tertiary/aromatic N) is 2. The molecule has 0 bridgehead atoms. The van der Waals surface area contributed by atoms with E-state index in [-0.39, 0.29) is 6.54 Å². The second-order valence-electron chi connectivity index (χ2n) is 6.02. The van der Waals surface area contributed by atoms with E-state index in [1.54, 1.807) is 6.92 Å². The van der Waals surface area contributed by atoms with Gasteiger partial charge in [0.1, 0.15) is 5.76 Å². The van der Waals surface area contributed by atoms with Gasteiger partial charge in [-0.2, -0.15) is 13.2 Å². The van der Waals surface area contributed by atoms with Gasteiger partial charge in [0.2, 0.25) is 0 Å². The summed E-state index contributed by atoms with van der Waals surface area (Å²) in [5.74, 6) is -4.33. The lowest BCUT2D eigenvalue weighted by Gasteiger charge is -2.18. The molecule has 2 heterocycles. The third kappa shape index (κ3) is 4.43. The van der Waals surface area contributed by atoms with Gasteiger partial charge < -0.3 is 19.7 Å². The lowest BCUT2D eigenvalue weighted by atomic mass is 9.96. The predicted octanol–water partition coefficient (Wildman–Crippen LogP) is 2.34. The Labute approximate surface area is 142 Å². The molecule has 1 aromatic rings. The van der Waals surface area contributed by atoms with E-state index in [4.69, 9.17) is 9.52 Å². The normalized spacial score (nSPS) is 20.8. The zero-order valence-electron chi connectivity index (χ0n) is 13.9. The highest BCUT2D eigenvalue weighted by molar-refractivity contribution is 5.77. The van der Waals surface area contributed by atoms with Crippen LogP contribution in [0.3, 0.4) is 0 Å². The summed E-state index contributed by atoms with van der Waals surface area (Å²) in [7, 11) is 0. The number of carboxylic acids is 1. The minimum absolute atomic E-state index is 0.0215. The fraction of sp³-hybridized carbons (Fsp3) is 0.667. The van der Waals surface area contributed by atoms with Crippen molar-refractivity contribution in [1.82, 2.24) is 15.2 Å². The summed E-state index contributed by atoms with van der Waals surface area (Å²) in [6, 6.07) is -0.758. The first kappa shape index (κ1) is 19.1. The van der Waals surface area contributed by atoms with E-state index in [0.29, 0.717) is 23.8 Å². The number of hydrogen-bond acceptors (Lipinski definition) is 4. The van der Waals surface area contributed by atoms with Gasteiger partial charge in [0.25, 0.3) is 0 Å². The van der Waals surface area contributed by atoms with Crippen molar-refractivity contribution in [1.29, 1.82) is 0 Å². The number of carboxylic acid groups (broad SMARTS) is 1. The quantitative estimate of drug-likeness (QED) is 0.837. The van der Waals surface area contributed by atoms with Gasteiger partial charge in [-0.25, -0.2) is 9.78 Å². The maximum atomic E-state index is 12.9. The minimum Gasteiger partial charge on any atom is -0.481 e. The van der Waals surface area contributed by atoms with E-state index in [2.05, 4.69) is 10.3 Å². The average Bonchev–Trinajstić information content (AvgIpc) is 3.09. The largest absolute Gasteiger partial charge is 0.481 e. The molecule has 10 heteroatoms. The standard InChI is InChI=1S/C15H20F3N3O4/c1-3-4-12-20-8(2)11(25-12)5-19-14(24)21-6-9(13(22)23)10(7-21)15(16,17)18/h9-10H,3-7H2,1-2H3,(H,19,24)(H,22,23)/t9-,10-/m1/s1. The van der Waals surface area contributed by atoms with Gasteiger partial charge in [-0.15, -0.1) is 0 Å². The number of halogens is 3. The second kappa shape index (κ2) is 7.32. The molecule has 25 heavy (non-hydrogen) atoms. The number of likely N-dealkylation sites (tertiary alicyclic amines) is 1. The molecule has 1 aliphatic heterocycles. The molecule has 0 saturated carbocycles. The Kier molecular flexibility index (Phi) is 5.58. The van der Waals surface area contributed by atoms with Crippen molar-refractivity contribution in [3.05, 3.63) is 17.3 Å². The molecule has 1 fully saturated rings. The number of hydrogen-bond donors (Lipinski definition) is 2. The lowest BCUT2D eigenvalue weighted by Crippen LogP contribution is -2.39. The van der Waals surface area contributed by atoms with Crippen LogP contribution in [0.4, 0.5) is 18.0 Å². The number of carbonyl (C=O) groups excluding carboxylic acids is 1. The molecule has 0 aromatic carbocycles. The maximum absolute atomic E-state index is 12.9. The molecule has 1 saturated heterocycles. The highest BCUT2D eigenvalue weighted by Gasteiger charge is 2.53. The molecule has 1 aliphatic rings. The molecule has 2 atom stereocenters. The predicted molar refractivity (Wildman–Crippen MR) is 79.7 cm³/mol. The van der Waals surface area contributed by atoms with Crippen LogP contribution in [0.1, 0.15) is 30.7 Å². The Balaban J connectivity index is 1.98. The van der Waals surface area contributed by atoms with Crippen LogP contribution in [-0.2, 0) is 17.8 Å².